The maximum Gasteiger partial charge on any atom is 0.349 e. The van der Waals surface area contributed by atoms with Gasteiger partial charge in [0.25, 0.3) is 0 Å². The molecule has 0 amide bonds. The first-order valence-corrected chi connectivity index (χ1v) is 10.0. The van der Waals surface area contributed by atoms with E-state index in [2.05, 4.69) is 9.46 Å². The highest BCUT2D eigenvalue weighted by Crippen LogP contribution is 2.37. The second-order valence-corrected chi connectivity index (χ2v) is 8.32. The first kappa shape index (κ1) is 18.5. The van der Waals surface area contributed by atoms with E-state index >= 15 is 0 Å². The molecule has 0 saturated heterocycles. The van der Waals surface area contributed by atoms with Gasteiger partial charge < -0.3 is 4.74 Å². The lowest BCUT2D eigenvalue weighted by atomic mass is 10.1. The number of methoxy groups -OCH3 is 1. The lowest BCUT2D eigenvalue weighted by Gasteiger charge is -2.15. The van der Waals surface area contributed by atoms with Crippen molar-refractivity contribution in [3.63, 3.8) is 0 Å². The van der Waals surface area contributed by atoms with Crippen LogP contribution >= 0.6 is 11.3 Å². The summed E-state index contributed by atoms with van der Waals surface area (Å²) in [7, 11) is -3.03. The fourth-order valence-electron chi connectivity index (χ4n) is 2.66. The van der Waals surface area contributed by atoms with Crippen LogP contribution in [0.4, 0.5) is 4.39 Å². The SMILES string of the molecule is COC(=O)c1sc2cccc(F)c2c1S(=O)(=O)N[C@@H](C)c1ccccc1. The standard InChI is InChI=1S/C18H16FNO4S2/c1-11(12-7-4-3-5-8-12)20-26(22,23)17-15-13(19)9-6-10-14(15)25-16(17)18(21)24-2/h3-11,20H,1-2H3/t11-/m0/s1. The van der Waals surface area contributed by atoms with Crippen LogP contribution in [0.1, 0.15) is 28.2 Å². The number of fused-ring (bicyclic) bond motifs is 1. The number of carbonyl (C=O) groups excluding carboxylic acids is 1. The smallest absolute Gasteiger partial charge is 0.349 e. The molecule has 0 fully saturated rings. The van der Waals surface area contributed by atoms with E-state index in [1.807, 2.05) is 6.07 Å². The van der Waals surface area contributed by atoms with Crippen LogP contribution < -0.4 is 4.72 Å². The Bertz CT molecular complexity index is 1060. The van der Waals surface area contributed by atoms with E-state index < -0.39 is 27.9 Å². The molecule has 0 unspecified atom stereocenters. The molecular weight excluding hydrogens is 377 g/mol. The number of sulfonamides is 1. The number of rotatable bonds is 5. The average molecular weight is 393 g/mol. The van der Waals surface area contributed by atoms with Crippen molar-refractivity contribution < 1.29 is 22.3 Å². The lowest BCUT2D eigenvalue weighted by Crippen LogP contribution is -2.28. The van der Waals surface area contributed by atoms with Crippen LogP contribution in [0, 0.1) is 5.82 Å². The maximum absolute atomic E-state index is 14.4. The summed E-state index contributed by atoms with van der Waals surface area (Å²) in [6.07, 6.45) is 0. The van der Waals surface area contributed by atoms with Gasteiger partial charge in [-0.05, 0) is 24.6 Å². The Hall–Kier alpha value is -2.29. The molecule has 0 aliphatic rings. The molecule has 2 aromatic carbocycles. The van der Waals surface area contributed by atoms with Crippen molar-refractivity contribution in [2.24, 2.45) is 0 Å². The van der Waals surface area contributed by atoms with Crippen molar-refractivity contribution in [1.29, 1.82) is 0 Å². The van der Waals surface area contributed by atoms with Crippen LogP contribution in [0.25, 0.3) is 10.1 Å². The van der Waals surface area contributed by atoms with Gasteiger partial charge in [0, 0.05) is 16.1 Å². The van der Waals surface area contributed by atoms with Gasteiger partial charge >= 0.3 is 5.97 Å². The molecule has 0 radical (unpaired) electrons. The molecule has 26 heavy (non-hydrogen) atoms. The van der Waals surface area contributed by atoms with E-state index in [9.17, 15) is 17.6 Å². The summed E-state index contributed by atoms with van der Waals surface area (Å²) in [5, 5.41) is -0.106. The minimum atomic E-state index is -4.18. The van der Waals surface area contributed by atoms with Gasteiger partial charge in [-0.25, -0.2) is 22.3 Å². The molecule has 3 aromatic rings. The van der Waals surface area contributed by atoms with Gasteiger partial charge in [-0.1, -0.05) is 36.4 Å². The topological polar surface area (TPSA) is 72.5 Å². The Labute approximate surface area is 154 Å². The molecule has 0 aliphatic heterocycles. The molecule has 1 aromatic heterocycles. The molecular formula is C18H16FNO4S2. The zero-order valence-corrected chi connectivity index (χ0v) is 15.7. The van der Waals surface area contributed by atoms with Gasteiger partial charge in [-0.2, -0.15) is 0 Å². The van der Waals surface area contributed by atoms with E-state index in [1.165, 1.54) is 6.07 Å². The van der Waals surface area contributed by atoms with Crippen LogP contribution in [-0.2, 0) is 14.8 Å². The molecule has 0 spiro atoms. The summed E-state index contributed by atoms with van der Waals surface area (Å²) in [4.78, 5) is 11.6. The van der Waals surface area contributed by atoms with Crippen molar-refractivity contribution in [3.05, 3.63) is 64.8 Å². The third-order valence-electron chi connectivity index (χ3n) is 3.89. The summed E-state index contributed by atoms with van der Waals surface area (Å²) in [5.74, 6) is -1.53. The fraction of sp³-hybridized carbons (Fsp3) is 0.167. The molecule has 5 nitrogen and oxygen atoms in total. The Kier molecular flexibility index (Phi) is 5.08. The average Bonchev–Trinajstić information content (AvgIpc) is 3.03. The fourth-order valence-corrected chi connectivity index (χ4v) is 5.74. The number of hydrogen-bond acceptors (Lipinski definition) is 5. The van der Waals surface area contributed by atoms with Crippen LogP contribution in [0.3, 0.4) is 0 Å². The monoisotopic (exact) mass is 393 g/mol. The highest BCUT2D eigenvalue weighted by molar-refractivity contribution is 7.90. The zero-order valence-electron chi connectivity index (χ0n) is 14.0. The predicted octanol–water partition coefficient (Wildman–Crippen LogP) is 3.87. The number of hydrogen-bond donors (Lipinski definition) is 1. The van der Waals surface area contributed by atoms with Gasteiger partial charge in [0.05, 0.1) is 7.11 Å². The van der Waals surface area contributed by atoms with Crippen LogP contribution in [0.5, 0.6) is 0 Å². The number of nitrogens with one attached hydrogen (secondary N) is 1. The molecule has 8 heteroatoms. The molecule has 3 rings (SSSR count). The highest BCUT2D eigenvalue weighted by Gasteiger charge is 2.31. The van der Waals surface area contributed by atoms with E-state index in [-0.39, 0.29) is 15.2 Å². The summed E-state index contributed by atoms with van der Waals surface area (Å²) in [6, 6.07) is 12.6. The first-order chi connectivity index (χ1) is 12.3. The third kappa shape index (κ3) is 3.35. The molecule has 1 heterocycles. The van der Waals surface area contributed by atoms with Gasteiger partial charge in [0.2, 0.25) is 10.0 Å². The Balaban J connectivity index is 2.14. The molecule has 1 N–H and O–H groups in total. The van der Waals surface area contributed by atoms with Crippen molar-refractivity contribution in [1.82, 2.24) is 4.72 Å². The zero-order chi connectivity index (χ0) is 18.9. The molecule has 0 aliphatic carbocycles. The predicted molar refractivity (Wildman–Crippen MR) is 98.3 cm³/mol. The Morgan fingerprint density at radius 1 is 1.15 bits per heavy atom. The minimum absolute atomic E-state index is 0.106. The largest absolute Gasteiger partial charge is 0.465 e. The molecule has 136 valence electrons. The first-order valence-electron chi connectivity index (χ1n) is 7.71. The van der Waals surface area contributed by atoms with Crippen molar-refractivity contribution in [3.8, 4) is 0 Å². The number of esters is 1. The van der Waals surface area contributed by atoms with Crippen molar-refractivity contribution in [2.45, 2.75) is 17.9 Å². The number of benzene rings is 2. The summed E-state index contributed by atoms with van der Waals surface area (Å²) >= 11 is 0.887. The minimum Gasteiger partial charge on any atom is -0.465 e. The van der Waals surface area contributed by atoms with E-state index in [0.29, 0.717) is 4.70 Å². The molecule has 1 atom stereocenters. The van der Waals surface area contributed by atoms with Crippen LogP contribution in [-0.4, -0.2) is 21.5 Å². The van der Waals surface area contributed by atoms with Gasteiger partial charge in [0.15, 0.2) is 0 Å². The second kappa shape index (κ2) is 7.14. The van der Waals surface area contributed by atoms with Gasteiger partial charge in [-0.15, -0.1) is 11.3 Å². The number of carbonyl (C=O) groups is 1. The van der Waals surface area contributed by atoms with Gasteiger partial charge in [-0.3, -0.25) is 0 Å². The Morgan fingerprint density at radius 2 is 1.85 bits per heavy atom. The van der Waals surface area contributed by atoms with Crippen LogP contribution in [0.15, 0.2) is 53.4 Å². The summed E-state index contributed by atoms with van der Waals surface area (Å²) < 4.78 is 48.0. The van der Waals surface area contributed by atoms with Crippen molar-refractivity contribution >= 4 is 37.4 Å². The highest BCUT2D eigenvalue weighted by atomic mass is 32.2. The lowest BCUT2D eigenvalue weighted by molar-refractivity contribution is 0.0602. The van der Waals surface area contributed by atoms with E-state index in [4.69, 9.17) is 0 Å². The third-order valence-corrected chi connectivity index (χ3v) is 6.77. The summed E-state index contributed by atoms with van der Waals surface area (Å²) in [6.45, 7) is 1.68. The normalized spacial score (nSPS) is 12.9. The maximum atomic E-state index is 14.4. The quantitative estimate of drug-likeness (QED) is 0.668. The number of ether oxygens (including phenoxy) is 1. The van der Waals surface area contributed by atoms with E-state index in [0.717, 1.165) is 30.1 Å². The molecule has 0 saturated carbocycles. The number of thiophene rings is 1. The molecule has 0 bridgehead atoms. The second-order valence-electron chi connectivity index (χ2n) is 5.62. The van der Waals surface area contributed by atoms with Gasteiger partial charge in [0.1, 0.15) is 15.6 Å². The van der Waals surface area contributed by atoms with E-state index in [1.54, 1.807) is 37.3 Å². The van der Waals surface area contributed by atoms with Crippen LogP contribution in [0.2, 0.25) is 0 Å². The van der Waals surface area contributed by atoms with Crippen molar-refractivity contribution in [2.75, 3.05) is 7.11 Å². The number of halogens is 1. The Morgan fingerprint density at radius 3 is 2.50 bits per heavy atom. The summed E-state index contributed by atoms with van der Waals surface area (Å²) in [5.41, 5.74) is 0.746.